The lowest BCUT2D eigenvalue weighted by Crippen LogP contribution is -2.28. The van der Waals surface area contributed by atoms with Crippen molar-refractivity contribution in [2.75, 3.05) is 7.11 Å². The van der Waals surface area contributed by atoms with Gasteiger partial charge in [-0.25, -0.2) is 0 Å². The van der Waals surface area contributed by atoms with E-state index < -0.39 is 23.6 Å². The molecular formula is C14H14O5. The van der Waals surface area contributed by atoms with E-state index in [-0.39, 0.29) is 17.5 Å². The van der Waals surface area contributed by atoms with E-state index in [4.69, 9.17) is 9.47 Å². The van der Waals surface area contributed by atoms with Crippen molar-refractivity contribution in [2.24, 2.45) is 0 Å². The van der Waals surface area contributed by atoms with Crippen molar-refractivity contribution in [1.82, 2.24) is 0 Å². The molecule has 1 aromatic carbocycles. The van der Waals surface area contributed by atoms with E-state index in [9.17, 15) is 14.4 Å². The topological polar surface area (TPSA) is 69.7 Å². The molecule has 1 aliphatic rings. The van der Waals surface area contributed by atoms with Crippen LogP contribution >= 0.6 is 0 Å². The number of hydrogen-bond donors (Lipinski definition) is 0. The van der Waals surface area contributed by atoms with E-state index in [1.165, 1.54) is 13.2 Å². The zero-order valence-corrected chi connectivity index (χ0v) is 10.8. The Hall–Kier alpha value is -2.17. The minimum absolute atomic E-state index is 0.185. The fourth-order valence-electron chi connectivity index (χ4n) is 2.05. The predicted molar refractivity (Wildman–Crippen MR) is 66.4 cm³/mol. The van der Waals surface area contributed by atoms with Gasteiger partial charge in [0.1, 0.15) is 5.75 Å². The molecule has 1 unspecified atom stereocenters. The van der Waals surface area contributed by atoms with Gasteiger partial charge >= 0.3 is 5.97 Å². The van der Waals surface area contributed by atoms with Crippen LogP contribution < -0.4 is 4.74 Å². The van der Waals surface area contributed by atoms with E-state index in [1.807, 2.05) is 6.92 Å². The Morgan fingerprint density at radius 2 is 2.00 bits per heavy atom. The number of esters is 1. The Morgan fingerprint density at radius 1 is 1.26 bits per heavy atom. The molecule has 1 aliphatic carbocycles. The van der Waals surface area contributed by atoms with Crippen LogP contribution in [0.1, 0.15) is 40.5 Å². The van der Waals surface area contributed by atoms with E-state index in [0.29, 0.717) is 12.2 Å². The highest BCUT2D eigenvalue weighted by atomic mass is 16.6. The molecule has 0 aromatic heterocycles. The first kappa shape index (κ1) is 13.3. The number of ether oxygens (including phenoxy) is 2. The Kier molecular flexibility index (Phi) is 3.64. The Morgan fingerprint density at radius 3 is 2.63 bits per heavy atom. The quantitative estimate of drug-likeness (QED) is 0.611. The van der Waals surface area contributed by atoms with Gasteiger partial charge in [-0.05, 0) is 12.5 Å². The average Bonchev–Trinajstić information content (AvgIpc) is 2.64. The molecule has 0 spiro atoms. The highest BCUT2D eigenvalue weighted by Crippen LogP contribution is 2.31. The lowest BCUT2D eigenvalue weighted by atomic mass is 10.1. The Labute approximate surface area is 110 Å². The van der Waals surface area contributed by atoms with Gasteiger partial charge in [0.2, 0.25) is 17.7 Å². The molecule has 0 bridgehead atoms. The van der Waals surface area contributed by atoms with Crippen molar-refractivity contribution in [3.63, 3.8) is 0 Å². The van der Waals surface area contributed by atoms with Crippen molar-refractivity contribution in [3.05, 3.63) is 29.3 Å². The second-order valence-electron chi connectivity index (χ2n) is 4.23. The van der Waals surface area contributed by atoms with Crippen molar-refractivity contribution >= 4 is 17.5 Å². The molecule has 0 amide bonds. The van der Waals surface area contributed by atoms with Crippen LogP contribution in [0.15, 0.2) is 18.2 Å². The molecule has 0 fully saturated rings. The third-order valence-electron chi connectivity index (χ3n) is 2.94. The molecule has 1 aromatic rings. The summed E-state index contributed by atoms with van der Waals surface area (Å²) >= 11 is 0. The summed E-state index contributed by atoms with van der Waals surface area (Å²) < 4.78 is 10.0. The van der Waals surface area contributed by atoms with Gasteiger partial charge in [-0.2, -0.15) is 0 Å². The van der Waals surface area contributed by atoms with E-state index >= 15 is 0 Å². The number of benzene rings is 1. The predicted octanol–water partition coefficient (Wildman–Crippen LogP) is 1.79. The summed E-state index contributed by atoms with van der Waals surface area (Å²) in [4.78, 5) is 35.6. The number of carbonyl (C=O) groups is 3. The summed E-state index contributed by atoms with van der Waals surface area (Å²) in [6.45, 7) is 1.82. The minimum atomic E-state index is -1.36. The molecule has 5 heteroatoms. The Balaban J connectivity index is 2.31. The van der Waals surface area contributed by atoms with Crippen molar-refractivity contribution in [2.45, 2.75) is 25.9 Å². The SMILES string of the molecule is CCCC(=O)OC1C(=O)c2cccc(OC)c2C1=O. The summed E-state index contributed by atoms with van der Waals surface area (Å²) in [5.41, 5.74) is 0.447. The Bertz CT molecular complexity index is 547. The fraction of sp³-hybridized carbons (Fsp3) is 0.357. The van der Waals surface area contributed by atoms with Crippen LogP contribution in [0.25, 0.3) is 0 Å². The van der Waals surface area contributed by atoms with Crippen LogP contribution in [0, 0.1) is 0 Å². The second kappa shape index (κ2) is 5.22. The molecule has 2 rings (SSSR count). The number of Topliss-reactive ketones (excluding diaryl/α,β-unsaturated/α-hetero) is 2. The van der Waals surface area contributed by atoms with Gasteiger partial charge in [-0.3, -0.25) is 14.4 Å². The maximum Gasteiger partial charge on any atom is 0.306 e. The molecule has 1 atom stereocenters. The van der Waals surface area contributed by atoms with Crippen LogP contribution in [0.3, 0.4) is 0 Å². The summed E-state index contributed by atoms with van der Waals surface area (Å²) in [5, 5.41) is 0. The van der Waals surface area contributed by atoms with E-state index in [1.54, 1.807) is 12.1 Å². The van der Waals surface area contributed by atoms with E-state index in [2.05, 4.69) is 0 Å². The molecule has 0 heterocycles. The number of methoxy groups -OCH3 is 1. The molecule has 0 aliphatic heterocycles. The first-order valence-electron chi connectivity index (χ1n) is 6.05. The maximum atomic E-state index is 12.1. The normalized spacial score (nSPS) is 17.3. The molecule has 0 saturated heterocycles. The maximum absolute atomic E-state index is 12.1. The van der Waals surface area contributed by atoms with E-state index in [0.717, 1.165) is 0 Å². The highest BCUT2D eigenvalue weighted by Gasteiger charge is 2.43. The summed E-state index contributed by atoms with van der Waals surface area (Å²) in [6.07, 6.45) is -0.570. The van der Waals surface area contributed by atoms with Crippen molar-refractivity contribution < 1.29 is 23.9 Å². The minimum Gasteiger partial charge on any atom is -0.496 e. The number of rotatable bonds is 4. The van der Waals surface area contributed by atoms with Crippen LogP contribution in [-0.2, 0) is 9.53 Å². The van der Waals surface area contributed by atoms with Crippen LogP contribution in [0.2, 0.25) is 0 Å². The standard InChI is InChI=1S/C14H14O5/c1-3-5-10(15)19-14-12(16)8-6-4-7-9(18-2)11(8)13(14)17/h4,6-7,14H,3,5H2,1-2H3. The van der Waals surface area contributed by atoms with Crippen LogP contribution in [-0.4, -0.2) is 30.7 Å². The fourth-order valence-corrected chi connectivity index (χ4v) is 2.05. The van der Waals surface area contributed by atoms with Gasteiger partial charge in [0.15, 0.2) is 0 Å². The number of carbonyl (C=O) groups excluding carboxylic acids is 3. The highest BCUT2D eigenvalue weighted by molar-refractivity contribution is 6.30. The largest absolute Gasteiger partial charge is 0.496 e. The van der Waals surface area contributed by atoms with Crippen molar-refractivity contribution in [1.29, 1.82) is 0 Å². The zero-order valence-electron chi connectivity index (χ0n) is 10.8. The molecule has 0 saturated carbocycles. The molecule has 5 nitrogen and oxygen atoms in total. The van der Waals surface area contributed by atoms with Crippen molar-refractivity contribution in [3.8, 4) is 5.75 Å². The monoisotopic (exact) mass is 262 g/mol. The first-order valence-corrected chi connectivity index (χ1v) is 6.05. The van der Waals surface area contributed by atoms with Crippen LogP contribution in [0.5, 0.6) is 5.75 Å². The first-order chi connectivity index (χ1) is 9.10. The molecule has 19 heavy (non-hydrogen) atoms. The summed E-state index contributed by atoms with van der Waals surface area (Å²) in [5.74, 6) is -1.21. The van der Waals surface area contributed by atoms with Gasteiger partial charge in [0.05, 0.1) is 12.7 Å². The van der Waals surface area contributed by atoms with Gasteiger partial charge in [0.25, 0.3) is 0 Å². The average molecular weight is 262 g/mol. The zero-order chi connectivity index (χ0) is 14.0. The molecular weight excluding hydrogens is 248 g/mol. The van der Waals surface area contributed by atoms with Gasteiger partial charge in [-0.15, -0.1) is 0 Å². The summed E-state index contributed by atoms with van der Waals surface area (Å²) in [6, 6.07) is 4.76. The summed E-state index contributed by atoms with van der Waals surface area (Å²) in [7, 11) is 1.42. The third-order valence-corrected chi connectivity index (χ3v) is 2.94. The number of ketones is 2. The second-order valence-corrected chi connectivity index (χ2v) is 4.23. The molecule has 0 radical (unpaired) electrons. The molecule has 0 N–H and O–H groups in total. The number of fused-ring (bicyclic) bond motifs is 1. The lowest BCUT2D eigenvalue weighted by molar-refractivity contribution is -0.145. The number of hydrogen-bond acceptors (Lipinski definition) is 5. The van der Waals surface area contributed by atoms with Gasteiger partial charge < -0.3 is 9.47 Å². The van der Waals surface area contributed by atoms with Crippen LogP contribution in [0.4, 0.5) is 0 Å². The van der Waals surface area contributed by atoms with Gasteiger partial charge in [0, 0.05) is 12.0 Å². The third kappa shape index (κ3) is 2.23. The smallest absolute Gasteiger partial charge is 0.306 e. The van der Waals surface area contributed by atoms with Gasteiger partial charge in [-0.1, -0.05) is 19.1 Å². The lowest BCUT2D eigenvalue weighted by Gasteiger charge is -2.08. The molecule has 100 valence electrons.